The third kappa shape index (κ3) is 6.31. The van der Waals surface area contributed by atoms with Crippen molar-refractivity contribution in [2.45, 2.75) is 20.5 Å². The fourth-order valence-electron chi connectivity index (χ4n) is 3.29. The molecule has 1 saturated heterocycles. The Morgan fingerprint density at radius 1 is 1.03 bits per heavy atom. The van der Waals surface area contributed by atoms with Crippen molar-refractivity contribution in [1.29, 1.82) is 0 Å². The minimum Gasteiger partial charge on any atom is -0.494 e. The highest BCUT2D eigenvalue weighted by Gasteiger charge is 2.24. The molecule has 1 aliphatic heterocycles. The monoisotopic (exact) mass is 600 g/mol. The number of aryl methyl sites for hydroxylation is 1. The molecule has 8 heteroatoms. The van der Waals surface area contributed by atoms with Gasteiger partial charge in [-0.2, -0.15) is 0 Å². The van der Waals surface area contributed by atoms with Crippen LogP contribution in [0, 0.1) is 6.92 Å². The van der Waals surface area contributed by atoms with E-state index in [1.165, 1.54) is 17.3 Å². The third-order valence-electron chi connectivity index (χ3n) is 4.81. The van der Waals surface area contributed by atoms with Crippen molar-refractivity contribution in [3.05, 3.63) is 91.2 Å². The number of amidine groups is 1. The molecular formula is C26H22Br2N2O3S. The van der Waals surface area contributed by atoms with Crippen LogP contribution in [0.3, 0.4) is 0 Å². The van der Waals surface area contributed by atoms with Gasteiger partial charge in [-0.05, 0) is 111 Å². The summed E-state index contributed by atoms with van der Waals surface area (Å²) in [7, 11) is 0. The van der Waals surface area contributed by atoms with Gasteiger partial charge in [-0.3, -0.25) is 4.79 Å². The van der Waals surface area contributed by atoms with Crippen LogP contribution >= 0.6 is 43.6 Å². The summed E-state index contributed by atoms with van der Waals surface area (Å²) in [5.41, 5.74) is 3.90. The van der Waals surface area contributed by atoms with Gasteiger partial charge >= 0.3 is 0 Å². The molecule has 3 aromatic carbocycles. The number of nitrogens with zero attached hydrogens (tertiary/aromatic N) is 1. The summed E-state index contributed by atoms with van der Waals surface area (Å²) in [6.45, 7) is 5.07. The Balaban J connectivity index is 1.47. The molecule has 1 fully saturated rings. The van der Waals surface area contributed by atoms with E-state index in [4.69, 9.17) is 9.47 Å². The molecule has 174 valence electrons. The molecule has 5 nitrogen and oxygen atoms in total. The van der Waals surface area contributed by atoms with Crippen LogP contribution in [0.2, 0.25) is 0 Å². The number of hydrogen-bond acceptors (Lipinski definition) is 5. The average Bonchev–Trinajstić information content (AvgIpc) is 3.13. The molecule has 0 atom stereocenters. The minimum atomic E-state index is -0.179. The number of hydrogen-bond donors (Lipinski definition) is 1. The van der Waals surface area contributed by atoms with Crippen LogP contribution < -0.4 is 14.8 Å². The SMILES string of the molecule is CCOc1ccc(N=C2NC(=O)/C(=C\c3cc(Br)c(OCc4cccc(C)c4)c(Br)c3)S2)cc1. The maximum absolute atomic E-state index is 12.5. The number of carbonyl (C=O) groups excluding carboxylic acids is 1. The van der Waals surface area contributed by atoms with Gasteiger partial charge in [0.15, 0.2) is 5.17 Å². The Hall–Kier alpha value is -2.55. The van der Waals surface area contributed by atoms with Crippen LogP contribution in [-0.4, -0.2) is 17.7 Å². The van der Waals surface area contributed by atoms with E-state index in [1.807, 2.05) is 61.5 Å². The number of ether oxygens (including phenoxy) is 2. The second kappa shape index (κ2) is 11.3. The van der Waals surface area contributed by atoms with Crippen molar-refractivity contribution >= 4 is 66.5 Å². The van der Waals surface area contributed by atoms with Crippen LogP contribution in [0.25, 0.3) is 6.08 Å². The van der Waals surface area contributed by atoms with Gasteiger partial charge in [0.1, 0.15) is 18.1 Å². The second-order valence-electron chi connectivity index (χ2n) is 7.50. The van der Waals surface area contributed by atoms with Crippen molar-refractivity contribution in [3.8, 4) is 11.5 Å². The third-order valence-corrected chi connectivity index (χ3v) is 6.90. The molecule has 0 aromatic heterocycles. The fraction of sp³-hybridized carbons (Fsp3) is 0.154. The average molecular weight is 602 g/mol. The normalized spacial score (nSPS) is 15.6. The highest BCUT2D eigenvalue weighted by molar-refractivity contribution is 9.11. The molecule has 0 bridgehead atoms. The zero-order chi connectivity index (χ0) is 24.1. The van der Waals surface area contributed by atoms with Crippen LogP contribution in [0.15, 0.2) is 79.5 Å². The van der Waals surface area contributed by atoms with Crippen molar-refractivity contribution < 1.29 is 14.3 Å². The van der Waals surface area contributed by atoms with E-state index in [0.29, 0.717) is 29.0 Å². The van der Waals surface area contributed by atoms with Crippen molar-refractivity contribution in [1.82, 2.24) is 5.32 Å². The van der Waals surface area contributed by atoms with Crippen LogP contribution in [-0.2, 0) is 11.4 Å². The van der Waals surface area contributed by atoms with Gasteiger partial charge < -0.3 is 14.8 Å². The lowest BCUT2D eigenvalue weighted by Crippen LogP contribution is -2.19. The molecular weight excluding hydrogens is 580 g/mol. The summed E-state index contributed by atoms with van der Waals surface area (Å²) in [6, 6.07) is 19.5. The lowest BCUT2D eigenvalue weighted by atomic mass is 10.1. The Morgan fingerprint density at radius 3 is 2.44 bits per heavy atom. The maximum atomic E-state index is 12.5. The van der Waals surface area contributed by atoms with Crippen LogP contribution in [0.5, 0.6) is 11.5 Å². The van der Waals surface area contributed by atoms with E-state index >= 15 is 0 Å². The van der Waals surface area contributed by atoms with Gasteiger partial charge in [-0.1, -0.05) is 29.8 Å². The number of aliphatic imine (C=N–C) groups is 1. The van der Waals surface area contributed by atoms with Crippen molar-refractivity contribution in [3.63, 3.8) is 0 Å². The van der Waals surface area contributed by atoms with Crippen LogP contribution in [0.1, 0.15) is 23.6 Å². The first-order valence-electron chi connectivity index (χ1n) is 10.6. The summed E-state index contributed by atoms with van der Waals surface area (Å²) >= 11 is 8.50. The highest BCUT2D eigenvalue weighted by atomic mass is 79.9. The van der Waals surface area contributed by atoms with Gasteiger partial charge in [0, 0.05) is 0 Å². The Kier molecular flexibility index (Phi) is 8.13. The van der Waals surface area contributed by atoms with E-state index in [9.17, 15) is 4.79 Å². The smallest absolute Gasteiger partial charge is 0.264 e. The first-order valence-corrected chi connectivity index (χ1v) is 13.0. The molecule has 1 heterocycles. The molecule has 0 saturated carbocycles. The molecule has 4 rings (SSSR count). The summed E-state index contributed by atoms with van der Waals surface area (Å²) in [4.78, 5) is 17.6. The number of nitrogens with one attached hydrogen (secondary N) is 1. The Morgan fingerprint density at radius 2 is 1.76 bits per heavy atom. The van der Waals surface area contributed by atoms with Gasteiger partial charge in [0.05, 0.1) is 26.1 Å². The van der Waals surface area contributed by atoms with E-state index in [-0.39, 0.29) is 5.91 Å². The molecule has 0 unspecified atom stereocenters. The molecule has 0 aliphatic carbocycles. The zero-order valence-corrected chi connectivity index (χ0v) is 22.6. The van der Waals surface area contributed by atoms with Gasteiger partial charge in [0.25, 0.3) is 5.91 Å². The summed E-state index contributed by atoms with van der Waals surface area (Å²) in [6.07, 6.45) is 1.83. The standard InChI is InChI=1S/C26H22Br2N2O3S/c1-3-32-20-9-7-19(8-10-20)29-26-30-25(31)23(34-26)14-18-12-21(27)24(22(28)13-18)33-15-17-6-4-5-16(2)11-17/h4-14H,3,15H2,1-2H3,(H,29,30,31)/b23-14+. The number of carbonyl (C=O) groups is 1. The molecule has 0 spiro atoms. The maximum Gasteiger partial charge on any atom is 0.264 e. The summed E-state index contributed by atoms with van der Waals surface area (Å²) < 4.78 is 13.1. The zero-order valence-electron chi connectivity index (χ0n) is 18.6. The van der Waals surface area contributed by atoms with Gasteiger partial charge in [-0.25, -0.2) is 4.99 Å². The number of thioether (sulfide) groups is 1. The van der Waals surface area contributed by atoms with Gasteiger partial charge in [-0.15, -0.1) is 0 Å². The van der Waals surface area contributed by atoms with E-state index in [1.54, 1.807) is 0 Å². The predicted molar refractivity (Wildman–Crippen MR) is 146 cm³/mol. The second-order valence-corrected chi connectivity index (χ2v) is 10.2. The van der Waals surface area contributed by atoms with E-state index in [0.717, 1.165) is 31.5 Å². The molecule has 1 N–H and O–H groups in total. The number of benzene rings is 3. The summed E-state index contributed by atoms with van der Waals surface area (Å²) in [5.74, 6) is 1.32. The van der Waals surface area contributed by atoms with Gasteiger partial charge in [0.2, 0.25) is 0 Å². The Labute approximate surface area is 219 Å². The lowest BCUT2D eigenvalue weighted by molar-refractivity contribution is -0.115. The lowest BCUT2D eigenvalue weighted by Gasteiger charge is -2.12. The van der Waals surface area contributed by atoms with E-state index < -0.39 is 0 Å². The molecule has 3 aromatic rings. The number of rotatable bonds is 7. The number of amides is 1. The predicted octanol–water partition coefficient (Wildman–Crippen LogP) is 7.39. The molecule has 1 aliphatic rings. The largest absolute Gasteiger partial charge is 0.494 e. The topological polar surface area (TPSA) is 59.9 Å². The molecule has 34 heavy (non-hydrogen) atoms. The fourth-order valence-corrected chi connectivity index (χ4v) is 5.58. The minimum absolute atomic E-state index is 0.179. The molecule has 0 radical (unpaired) electrons. The number of halogens is 2. The molecule has 1 amide bonds. The summed E-state index contributed by atoms with van der Waals surface area (Å²) in [5, 5.41) is 3.36. The quantitative estimate of drug-likeness (QED) is 0.287. The van der Waals surface area contributed by atoms with Crippen molar-refractivity contribution in [2.24, 2.45) is 4.99 Å². The Bertz CT molecular complexity index is 1250. The highest BCUT2D eigenvalue weighted by Crippen LogP contribution is 2.37. The van der Waals surface area contributed by atoms with E-state index in [2.05, 4.69) is 61.2 Å². The first kappa shape index (κ1) is 24.6. The van der Waals surface area contributed by atoms with Crippen molar-refractivity contribution in [2.75, 3.05) is 6.61 Å². The first-order chi connectivity index (χ1) is 16.4. The van der Waals surface area contributed by atoms with Crippen LogP contribution in [0.4, 0.5) is 5.69 Å².